The second-order valence-electron chi connectivity index (χ2n) is 6.22. The molecule has 0 unspecified atom stereocenters. The average Bonchev–Trinajstić information content (AvgIpc) is 2.68. The third-order valence-electron chi connectivity index (χ3n) is 4.09. The Bertz CT molecular complexity index is 823. The number of carbonyl (C=O) groups excluding carboxylic acids is 1. The van der Waals surface area contributed by atoms with Gasteiger partial charge in [-0.2, -0.15) is 5.26 Å². The number of carbonyl (C=O) groups is 1. The van der Waals surface area contributed by atoms with Crippen LogP contribution in [0.5, 0.6) is 5.75 Å². The van der Waals surface area contributed by atoms with E-state index in [4.69, 9.17) is 4.74 Å². The molecule has 0 saturated heterocycles. The smallest absolute Gasteiger partial charge is 0.267 e. The summed E-state index contributed by atoms with van der Waals surface area (Å²) in [5, 5.41) is 15.0. The van der Waals surface area contributed by atoms with Crippen LogP contribution in [-0.2, 0) is 11.2 Å². The summed E-state index contributed by atoms with van der Waals surface area (Å²) < 4.78 is 5.24. The van der Waals surface area contributed by atoms with Gasteiger partial charge in [0.05, 0.1) is 12.8 Å². The Hall–Kier alpha value is -3.26. The predicted octanol–water partition coefficient (Wildman–Crippen LogP) is 3.96. The van der Waals surface area contributed by atoms with Crippen LogP contribution in [0.1, 0.15) is 24.0 Å². The maximum atomic E-state index is 12.3. The van der Waals surface area contributed by atoms with Gasteiger partial charge in [0, 0.05) is 12.7 Å². The molecular weight excluding hydrogens is 338 g/mol. The molecule has 2 N–H and O–H groups in total. The minimum atomic E-state index is -0.460. The van der Waals surface area contributed by atoms with Crippen molar-refractivity contribution in [3.8, 4) is 11.8 Å². The topological polar surface area (TPSA) is 74.1 Å². The number of nitrogens with one attached hydrogen (secondary N) is 2. The molecule has 2 rings (SSSR count). The third kappa shape index (κ3) is 6.52. The van der Waals surface area contributed by atoms with Crippen molar-refractivity contribution in [2.45, 2.75) is 26.2 Å². The zero-order valence-electron chi connectivity index (χ0n) is 15.8. The van der Waals surface area contributed by atoms with Crippen LogP contribution in [0.3, 0.4) is 0 Å². The fourth-order valence-corrected chi connectivity index (χ4v) is 2.63. The van der Waals surface area contributed by atoms with Crippen LogP contribution in [0.25, 0.3) is 0 Å². The SMILES string of the molecule is COc1ccc(C)cc1NC(=O)/C(C#N)=C\NCCCCc1ccccc1. The minimum absolute atomic E-state index is 0.0293. The van der Waals surface area contributed by atoms with Crippen molar-refractivity contribution in [3.63, 3.8) is 0 Å². The van der Waals surface area contributed by atoms with Crippen LogP contribution in [0.4, 0.5) is 5.69 Å². The third-order valence-corrected chi connectivity index (χ3v) is 4.09. The maximum absolute atomic E-state index is 12.3. The number of rotatable bonds is 9. The van der Waals surface area contributed by atoms with E-state index < -0.39 is 5.91 Å². The summed E-state index contributed by atoms with van der Waals surface area (Å²) in [6.07, 6.45) is 4.49. The van der Waals surface area contributed by atoms with E-state index in [9.17, 15) is 10.1 Å². The fraction of sp³-hybridized carbons (Fsp3) is 0.273. The zero-order valence-corrected chi connectivity index (χ0v) is 15.8. The summed E-state index contributed by atoms with van der Waals surface area (Å²) in [5.41, 5.74) is 2.88. The first-order valence-corrected chi connectivity index (χ1v) is 8.97. The van der Waals surface area contributed by atoms with E-state index >= 15 is 0 Å². The van der Waals surface area contributed by atoms with Crippen molar-refractivity contribution in [2.24, 2.45) is 0 Å². The second kappa shape index (κ2) is 10.7. The number of unbranched alkanes of at least 4 members (excludes halogenated alkanes) is 1. The van der Waals surface area contributed by atoms with Gasteiger partial charge in [-0.05, 0) is 49.4 Å². The number of amides is 1. The molecule has 5 heteroatoms. The lowest BCUT2D eigenvalue weighted by Gasteiger charge is -2.10. The molecule has 0 spiro atoms. The van der Waals surface area contributed by atoms with Crippen LogP contribution < -0.4 is 15.4 Å². The number of nitriles is 1. The number of ether oxygens (including phenoxy) is 1. The summed E-state index contributed by atoms with van der Waals surface area (Å²) >= 11 is 0. The van der Waals surface area contributed by atoms with Crippen molar-refractivity contribution >= 4 is 11.6 Å². The maximum Gasteiger partial charge on any atom is 0.267 e. The van der Waals surface area contributed by atoms with Gasteiger partial charge in [-0.15, -0.1) is 0 Å². The molecule has 27 heavy (non-hydrogen) atoms. The Kier molecular flexibility index (Phi) is 7.92. The average molecular weight is 363 g/mol. The minimum Gasteiger partial charge on any atom is -0.495 e. The first-order chi connectivity index (χ1) is 13.1. The number of hydrogen-bond acceptors (Lipinski definition) is 4. The van der Waals surface area contributed by atoms with Crippen LogP contribution in [0.15, 0.2) is 60.3 Å². The Balaban J connectivity index is 1.82. The highest BCUT2D eigenvalue weighted by Crippen LogP contribution is 2.25. The standard InChI is InChI=1S/C22H25N3O2/c1-17-11-12-21(27-2)20(14-17)25-22(26)19(15-23)16-24-13-7-6-10-18-8-4-3-5-9-18/h3-5,8-9,11-12,14,16,24H,6-7,10,13H2,1-2H3,(H,25,26)/b19-16-. The molecule has 0 aromatic heterocycles. The zero-order chi connectivity index (χ0) is 19.5. The molecule has 0 saturated carbocycles. The molecule has 0 fully saturated rings. The summed E-state index contributed by atoms with van der Waals surface area (Å²) in [6.45, 7) is 2.63. The molecule has 0 heterocycles. The molecule has 2 aromatic carbocycles. The number of aryl methyl sites for hydroxylation is 2. The van der Waals surface area contributed by atoms with Gasteiger partial charge in [-0.25, -0.2) is 0 Å². The van der Waals surface area contributed by atoms with Crippen LogP contribution in [0.2, 0.25) is 0 Å². The molecule has 1 amide bonds. The molecule has 5 nitrogen and oxygen atoms in total. The molecular formula is C22H25N3O2. The van der Waals surface area contributed by atoms with E-state index in [1.807, 2.05) is 43.3 Å². The van der Waals surface area contributed by atoms with Crippen molar-refractivity contribution < 1.29 is 9.53 Å². The molecule has 0 aliphatic rings. The molecule has 0 aliphatic carbocycles. The van der Waals surface area contributed by atoms with E-state index in [0.29, 0.717) is 18.0 Å². The first-order valence-electron chi connectivity index (χ1n) is 8.97. The monoisotopic (exact) mass is 363 g/mol. The molecule has 0 atom stereocenters. The lowest BCUT2D eigenvalue weighted by Crippen LogP contribution is -2.17. The fourth-order valence-electron chi connectivity index (χ4n) is 2.63. The Morgan fingerprint density at radius 2 is 1.96 bits per heavy atom. The van der Waals surface area contributed by atoms with Gasteiger partial charge < -0.3 is 15.4 Å². The van der Waals surface area contributed by atoms with E-state index in [0.717, 1.165) is 24.8 Å². The van der Waals surface area contributed by atoms with E-state index in [-0.39, 0.29) is 5.57 Å². The van der Waals surface area contributed by atoms with Gasteiger partial charge in [-0.3, -0.25) is 4.79 Å². The summed E-state index contributed by atoms with van der Waals surface area (Å²) in [6, 6.07) is 17.7. The largest absolute Gasteiger partial charge is 0.495 e. The molecule has 0 radical (unpaired) electrons. The van der Waals surface area contributed by atoms with Gasteiger partial charge in [0.15, 0.2) is 0 Å². The van der Waals surface area contributed by atoms with Gasteiger partial charge in [0.1, 0.15) is 17.4 Å². The van der Waals surface area contributed by atoms with E-state index in [1.165, 1.54) is 11.8 Å². The number of anilines is 1. The molecule has 0 aliphatic heterocycles. The predicted molar refractivity (Wildman–Crippen MR) is 107 cm³/mol. The van der Waals surface area contributed by atoms with Crippen molar-refractivity contribution in [1.29, 1.82) is 5.26 Å². The number of benzene rings is 2. The Morgan fingerprint density at radius 1 is 1.19 bits per heavy atom. The van der Waals surface area contributed by atoms with Crippen molar-refractivity contribution in [1.82, 2.24) is 5.32 Å². The van der Waals surface area contributed by atoms with E-state index in [2.05, 4.69) is 22.8 Å². The second-order valence-corrected chi connectivity index (χ2v) is 6.22. The van der Waals surface area contributed by atoms with Gasteiger partial charge in [-0.1, -0.05) is 36.4 Å². The molecule has 140 valence electrons. The van der Waals surface area contributed by atoms with Gasteiger partial charge >= 0.3 is 0 Å². The van der Waals surface area contributed by atoms with Crippen LogP contribution in [0, 0.1) is 18.3 Å². The highest BCUT2D eigenvalue weighted by molar-refractivity contribution is 6.07. The van der Waals surface area contributed by atoms with Crippen LogP contribution in [-0.4, -0.2) is 19.6 Å². The number of nitrogens with zero attached hydrogens (tertiary/aromatic N) is 1. The Labute approximate surface area is 160 Å². The number of hydrogen-bond donors (Lipinski definition) is 2. The molecule has 0 bridgehead atoms. The normalized spacial score (nSPS) is 10.8. The van der Waals surface area contributed by atoms with Gasteiger partial charge in [0.25, 0.3) is 5.91 Å². The highest BCUT2D eigenvalue weighted by Gasteiger charge is 2.12. The van der Waals surface area contributed by atoms with Crippen LogP contribution >= 0.6 is 0 Å². The summed E-state index contributed by atoms with van der Waals surface area (Å²) in [4.78, 5) is 12.3. The first kappa shape index (κ1) is 20.1. The lowest BCUT2D eigenvalue weighted by atomic mass is 10.1. The summed E-state index contributed by atoms with van der Waals surface area (Å²) in [5.74, 6) is 0.0956. The quantitative estimate of drug-likeness (QED) is 0.402. The van der Waals surface area contributed by atoms with Gasteiger partial charge in [0.2, 0.25) is 0 Å². The summed E-state index contributed by atoms with van der Waals surface area (Å²) in [7, 11) is 1.54. The molecule has 2 aromatic rings. The Morgan fingerprint density at radius 3 is 2.67 bits per heavy atom. The highest BCUT2D eigenvalue weighted by atomic mass is 16.5. The van der Waals surface area contributed by atoms with Crippen molar-refractivity contribution in [3.05, 3.63) is 71.4 Å². The van der Waals surface area contributed by atoms with E-state index in [1.54, 1.807) is 13.2 Å². The number of methoxy groups -OCH3 is 1. The van der Waals surface area contributed by atoms with Crippen molar-refractivity contribution in [2.75, 3.05) is 19.0 Å². The lowest BCUT2D eigenvalue weighted by molar-refractivity contribution is -0.112.